The summed E-state index contributed by atoms with van der Waals surface area (Å²) in [5, 5.41) is 13.6. The van der Waals surface area contributed by atoms with Crippen molar-refractivity contribution in [3.63, 3.8) is 0 Å². The summed E-state index contributed by atoms with van der Waals surface area (Å²) in [5.41, 5.74) is -0.0739. The molecule has 0 atom stereocenters. The third kappa shape index (κ3) is 7.05. The number of carbonyl (C=O) groups is 1. The molecule has 1 aliphatic carbocycles. The maximum atomic E-state index is 14.3. The molecule has 1 aromatic carbocycles. The highest BCUT2D eigenvalue weighted by Crippen LogP contribution is 2.30. The zero-order valence-electron chi connectivity index (χ0n) is 19.3. The summed E-state index contributed by atoms with van der Waals surface area (Å²) in [6, 6.07) is 3.87. The molecule has 1 amide bonds. The first-order valence-corrected chi connectivity index (χ1v) is 11.5. The molecule has 0 bridgehead atoms. The first-order chi connectivity index (χ1) is 15.1. The number of ether oxygens (including phenoxy) is 1. The van der Waals surface area contributed by atoms with Gasteiger partial charge in [-0.05, 0) is 64.4 Å². The largest absolute Gasteiger partial charge is 0.449 e. The lowest BCUT2D eigenvalue weighted by Crippen LogP contribution is -2.48. The minimum atomic E-state index is -0.577. The van der Waals surface area contributed by atoms with E-state index < -0.39 is 10.7 Å². The van der Waals surface area contributed by atoms with E-state index in [1.54, 1.807) is 0 Å². The van der Waals surface area contributed by atoms with Gasteiger partial charge in [-0.3, -0.25) is 15.0 Å². The maximum Gasteiger partial charge on any atom is 0.407 e. The van der Waals surface area contributed by atoms with Crippen LogP contribution in [0.15, 0.2) is 18.2 Å². The highest BCUT2D eigenvalue weighted by Gasteiger charge is 2.27. The normalized spacial score (nSPS) is 22.4. The van der Waals surface area contributed by atoms with Crippen LogP contribution in [0.2, 0.25) is 0 Å². The van der Waals surface area contributed by atoms with E-state index >= 15 is 0 Å². The molecule has 1 saturated carbocycles. The Morgan fingerprint density at radius 1 is 1.16 bits per heavy atom. The molecule has 3 rings (SSSR count). The number of non-ortho nitro benzene ring substituents is 1. The number of nitro benzene ring substituents is 1. The molecular formula is C23H35FN4O4. The van der Waals surface area contributed by atoms with E-state index in [2.05, 4.69) is 10.2 Å². The fourth-order valence-electron chi connectivity index (χ4n) is 4.52. The van der Waals surface area contributed by atoms with Crippen LogP contribution in [0.4, 0.5) is 20.6 Å². The molecule has 2 fully saturated rings. The van der Waals surface area contributed by atoms with Gasteiger partial charge in [0.05, 0.1) is 23.3 Å². The third-order valence-corrected chi connectivity index (χ3v) is 6.26. The van der Waals surface area contributed by atoms with Crippen LogP contribution in [0.1, 0.15) is 46.5 Å². The summed E-state index contributed by atoms with van der Waals surface area (Å²) in [4.78, 5) is 26.4. The summed E-state index contributed by atoms with van der Waals surface area (Å²) in [5.74, 6) is 0.528. The van der Waals surface area contributed by atoms with Crippen LogP contribution in [0.3, 0.4) is 0 Å². The van der Waals surface area contributed by atoms with Crippen molar-refractivity contribution in [1.29, 1.82) is 0 Å². The van der Waals surface area contributed by atoms with Gasteiger partial charge >= 0.3 is 6.09 Å². The molecule has 1 N–H and O–H groups in total. The van der Waals surface area contributed by atoms with E-state index in [9.17, 15) is 19.3 Å². The van der Waals surface area contributed by atoms with Crippen LogP contribution < -0.4 is 10.2 Å². The van der Waals surface area contributed by atoms with E-state index in [0.717, 1.165) is 51.4 Å². The Kier molecular flexibility index (Phi) is 7.92. The van der Waals surface area contributed by atoms with Crippen molar-refractivity contribution in [2.24, 2.45) is 11.8 Å². The number of anilines is 1. The number of hydrogen-bond acceptors (Lipinski definition) is 6. The van der Waals surface area contributed by atoms with E-state index in [1.165, 1.54) is 12.1 Å². The van der Waals surface area contributed by atoms with Crippen molar-refractivity contribution in [3.8, 4) is 0 Å². The predicted molar refractivity (Wildman–Crippen MR) is 121 cm³/mol. The lowest BCUT2D eigenvalue weighted by Gasteiger charge is -2.39. The summed E-state index contributed by atoms with van der Waals surface area (Å²) < 4.78 is 19.7. The molecule has 32 heavy (non-hydrogen) atoms. The van der Waals surface area contributed by atoms with E-state index in [0.29, 0.717) is 37.2 Å². The lowest BCUT2D eigenvalue weighted by molar-refractivity contribution is -0.385. The maximum absolute atomic E-state index is 14.3. The lowest BCUT2D eigenvalue weighted by atomic mass is 9.82. The number of nitro groups is 1. The Bertz CT molecular complexity index is 798. The van der Waals surface area contributed by atoms with Crippen molar-refractivity contribution < 1.29 is 18.8 Å². The molecule has 0 radical (unpaired) electrons. The van der Waals surface area contributed by atoms with Crippen molar-refractivity contribution in [3.05, 3.63) is 34.1 Å². The summed E-state index contributed by atoms with van der Waals surface area (Å²) in [6.45, 7) is 10.4. The minimum Gasteiger partial charge on any atom is -0.449 e. The van der Waals surface area contributed by atoms with Gasteiger partial charge in [0.15, 0.2) is 5.82 Å². The fourth-order valence-corrected chi connectivity index (χ4v) is 4.52. The highest BCUT2D eigenvalue weighted by atomic mass is 19.1. The summed E-state index contributed by atoms with van der Waals surface area (Å²) in [7, 11) is 0. The number of alkyl carbamates (subject to hydrolysis) is 1. The zero-order valence-corrected chi connectivity index (χ0v) is 19.3. The molecule has 8 nitrogen and oxygen atoms in total. The number of carbonyl (C=O) groups excluding carboxylic acids is 1. The van der Waals surface area contributed by atoms with Gasteiger partial charge in [-0.2, -0.15) is 0 Å². The Labute approximate surface area is 189 Å². The first-order valence-electron chi connectivity index (χ1n) is 11.5. The number of amides is 1. The quantitative estimate of drug-likeness (QED) is 0.517. The van der Waals surface area contributed by atoms with E-state index in [4.69, 9.17) is 4.74 Å². The molecule has 0 unspecified atom stereocenters. The standard InChI is InChI=1S/C23H35FN4O4/c1-23(2,3)25-22(29)32-16-18-6-4-17(5-7-18)15-26-10-12-27(13-11-26)21-9-8-19(28(30)31)14-20(21)24/h8-9,14,17-18H,4-7,10-13,15-16H2,1-3H3,(H,25,29). The number of nitrogens with zero attached hydrogens (tertiary/aromatic N) is 3. The number of halogens is 1. The number of benzene rings is 1. The van der Waals surface area contributed by atoms with Crippen molar-refractivity contribution >= 4 is 17.5 Å². The molecular weight excluding hydrogens is 415 g/mol. The van der Waals surface area contributed by atoms with Crippen LogP contribution in [0.25, 0.3) is 0 Å². The fraction of sp³-hybridized carbons (Fsp3) is 0.696. The second-order valence-corrected chi connectivity index (χ2v) is 10.0. The Balaban J connectivity index is 1.37. The van der Waals surface area contributed by atoms with Gasteiger partial charge in [0.1, 0.15) is 0 Å². The van der Waals surface area contributed by atoms with Gasteiger partial charge < -0.3 is 15.0 Å². The smallest absolute Gasteiger partial charge is 0.407 e. The van der Waals surface area contributed by atoms with Gasteiger partial charge in [-0.25, -0.2) is 9.18 Å². The SMILES string of the molecule is CC(C)(C)NC(=O)OCC1CCC(CN2CCN(c3ccc([N+](=O)[O-])cc3F)CC2)CC1. The molecule has 178 valence electrons. The number of piperazine rings is 1. The average molecular weight is 451 g/mol. The molecule has 1 saturated heterocycles. The van der Waals surface area contributed by atoms with Gasteiger partial charge in [0, 0.05) is 44.3 Å². The van der Waals surface area contributed by atoms with Gasteiger partial charge in [-0.1, -0.05) is 0 Å². The monoisotopic (exact) mass is 450 g/mol. The zero-order chi connectivity index (χ0) is 23.3. The summed E-state index contributed by atoms with van der Waals surface area (Å²) in [6.07, 6.45) is 4.06. The molecule has 9 heteroatoms. The van der Waals surface area contributed by atoms with Gasteiger partial charge in [-0.15, -0.1) is 0 Å². The molecule has 1 heterocycles. The van der Waals surface area contributed by atoms with E-state index in [1.807, 2.05) is 25.7 Å². The topological polar surface area (TPSA) is 88.0 Å². The molecule has 0 spiro atoms. The van der Waals surface area contributed by atoms with Crippen LogP contribution >= 0.6 is 0 Å². The van der Waals surface area contributed by atoms with Gasteiger partial charge in [0.2, 0.25) is 0 Å². The predicted octanol–water partition coefficient (Wildman–Crippen LogP) is 4.19. The number of nitrogens with one attached hydrogen (secondary N) is 1. The molecule has 1 aliphatic heterocycles. The molecule has 2 aliphatic rings. The second-order valence-electron chi connectivity index (χ2n) is 10.0. The van der Waals surface area contributed by atoms with Crippen LogP contribution in [-0.2, 0) is 4.74 Å². The first kappa shape index (κ1) is 24.2. The molecule has 0 aromatic heterocycles. The summed E-state index contributed by atoms with van der Waals surface area (Å²) >= 11 is 0. The number of rotatable bonds is 6. The van der Waals surface area contributed by atoms with Gasteiger partial charge in [0.25, 0.3) is 5.69 Å². The van der Waals surface area contributed by atoms with Crippen molar-refractivity contribution in [2.75, 3.05) is 44.2 Å². The van der Waals surface area contributed by atoms with Crippen LogP contribution in [0, 0.1) is 27.8 Å². The minimum absolute atomic E-state index is 0.222. The highest BCUT2D eigenvalue weighted by molar-refractivity contribution is 5.68. The van der Waals surface area contributed by atoms with Crippen LogP contribution in [0.5, 0.6) is 0 Å². The second kappa shape index (κ2) is 10.5. The Morgan fingerprint density at radius 3 is 2.34 bits per heavy atom. The Morgan fingerprint density at radius 2 is 1.78 bits per heavy atom. The van der Waals surface area contributed by atoms with E-state index in [-0.39, 0.29) is 17.3 Å². The molecule has 1 aromatic rings. The Hall–Kier alpha value is -2.42. The van der Waals surface area contributed by atoms with Crippen molar-refractivity contribution in [2.45, 2.75) is 52.0 Å². The average Bonchev–Trinajstić information content (AvgIpc) is 2.72. The van der Waals surface area contributed by atoms with Crippen molar-refractivity contribution in [1.82, 2.24) is 10.2 Å². The number of hydrogen-bond donors (Lipinski definition) is 1. The van der Waals surface area contributed by atoms with Crippen LogP contribution in [-0.4, -0.2) is 60.8 Å². The third-order valence-electron chi connectivity index (χ3n) is 6.26.